The topological polar surface area (TPSA) is 58.6 Å². The van der Waals surface area contributed by atoms with Crippen LogP contribution in [0.25, 0.3) is 5.57 Å². The summed E-state index contributed by atoms with van der Waals surface area (Å²) in [6, 6.07) is 19.8. The van der Waals surface area contributed by atoms with Crippen molar-refractivity contribution in [1.29, 1.82) is 0 Å². The van der Waals surface area contributed by atoms with E-state index in [2.05, 4.69) is 5.32 Å². The highest BCUT2D eigenvalue weighted by Gasteiger charge is 2.41. The number of benzene rings is 3. The molecule has 1 aliphatic heterocycles. The van der Waals surface area contributed by atoms with Crippen LogP contribution in [0.15, 0.2) is 72.4 Å². The highest BCUT2D eigenvalue weighted by Crippen LogP contribution is 2.38. The number of halogens is 1. The lowest BCUT2D eigenvalue weighted by Gasteiger charge is -2.19. The zero-order valence-corrected chi connectivity index (χ0v) is 18.9. The number of hydrogen-bond acceptors (Lipinski definition) is 4. The molecule has 1 aliphatic rings. The van der Waals surface area contributed by atoms with E-state index in [1.807, 2.05) is 45.0 Å². The van der Waals surface area contributed by atoms with Gasteiger partial charge in [-0.1, -0.05) is 53.6 Å². The molecule has 0 fully saturated rings. The smallest absolute Gasteiger partial charge is 0.282 e. The fraction of sp³-hybridized carbons (Fsp3) is 0.154. The fourth-order valence-corrected chi connectivity index (χ4v) is 3.88. The van der Waals surface area contributed by atoms with E-state index in [1.54, 1.807) is 42.5 Å². The Morgan fingerprint density at radius 3 is 2.34 bits per heavy atom. The molecule has 0 aliphatic carbocycles. The second-order valence-electron chi connectivity index (χ2n) is 7.55. The number of anilines is 2. The second-order valence-corrected chi connectivity index (χ2v) is 7.98. The van der Waals surface area contributed by atoms with E-state index in [0.717, 1.165) is 16.8 Å². The Kier molecular flexibility index (Phi) is 6.01. The van der Waals surface area contributed by atoms with Crippen LogP contribution in [0.2, 0.25) is 5.02 Å². The van der Waals surface area contributed by atoms with Gasteiger partial charge in [-0.15, -0.1) is 0 Å². The van der Waals surface area contributed by atoms with Crippen LogP contribution in [0.1, 0.15) is 23.6 Å². The van der Waals surface area contributed by atoms with Crippen molar-refractivity contribution in [3.8, 4) is 5.75 Å². The normalized spacial score (nSPS) is 13.7. The number of imide groups is 1. The van der Waals surface area contributed by atoms with Gasteiger partial charge in [0.05, 0.1) is 17.9 Å². The van der Waals surface area contributed by atoms with E-state index in [0.29, 0.717) is 28.6 Å². The molecule has 1 N–H and O–H groups in total. The molecular weight excluding hydrogens is 424 g/mol. The summed E-state index contributed by atoms with van der Waals surface area (Å²) >= 11 is 6.05. The second kappa shape index (κ2) is 8.89. The molecule has 0 saturated heterocycles. The maximum Gasteiger partial charge on any atom is 0.282 e. The summed E-state index contributed by atoms with van der Waals surface area (Å²) < 4.78 is 5.69. The quantitative estimate of drug-likeness (QED) is 0.489. The Bertz CT molecular complexity index is 1230. The molecule has 0 saturated carbocycles. The number of hydrogen-bond donors (Lipinski definition) is 1. The van der Waals surface area contributed by atoms with Crippen LogP contribution in [-0.2, 0) is 9.59 Å². The number of rotatable bonds is 6. The van der Waals surface area contributed by atoms with E-state index in [4.69, 9.17) is 16.3 Å². The van der Waals surface area contributed by atoms with Gasteiger partial charge in [0.25, 0.3) is 11.8 Å². The first-order chi connectivity index (χ1) is 15.4. The van der Waals surface area contributed by atoms with Gasteiger partial charge in [0.1, 0.15) is 11.4 Å². The summed E-state index contributed by atoms with van der Waals surface area (Å²) in [5.74, 6) is -0.385. The molecule has 0 spiro atoms. The number of ether oxygens (including phenoxy) is 1. The average molecular weight is 447 g/mol. The molecule has 0 unspecified atom stereocenters. The van der Waals surface area contributed by atoms with Crippen molar-refractivity contribution in [2.45, 2.75) is 20.8 Å². The van der Waals surface area contributed by atoms with Gasteiger partial charge >= 0.3 is 0 Å². The van der Waals surface area contributed by atoms with Gasteiger partial charge in [-0.25, -0.2) is 4.90 Å². The minimum Gasteiger partial charge on any atom is -0.492 e. The lowest BCUT2D eigenvalue weighted by atomic mass is 10.0. The molecule has 5 nitrogen and oxygen atoms in total. The zero-order valence-electron chi connectivity index (χ0n) is 18.1. The average Bonchev–Trinajstić information content (AvgIpc) is 3.01. The highest BCUT2D eigenvalue weighted by molar-refractivity contribution is 6.46. The lowest BCUT2D eigenvalue weighted by Crippen LogP contribution is -2.32. The van der Waals surface area contributed by atoms with E-state index < -0.39 is 11.8 Å². The molecular formula is C26H23ClN2O3. The Labute approximate surface area is 192 Å². The summed E-state index contributed by atoms with van der Waals surface area (Å²) in [5.41, 5.74) is 4.37. The summed E-state index contributed by atoms with van der Waals surface area (Å²) in [6.45, 7) is 6.24. The minimum atomic E-state index is -0.438. The van der Waals surface area contributed by atoms with Crippen molar-refractivity contribution in [1.82, 2.24) is 0 Å². The third kappa shape index (κ3) is 3.99. The molecule has 32 heavy (non-hydrogen) atoms. The van der Waals surface area contributed by atoms with Crippen molar-refractivity contribution in [3.05, 3.63) is 94.1 Å². The molecule has 6 heteroatoms. The van der Waals surface area contributed by atoms with Crippen molar-refractivity contribution < 1.29 is 14.3 Å². The summed E-state index contributed by atoms with van der Waals surface area (Å²) in [6.07, 6.45) is 0. The van der Waals surface area contributed by atoms with Crippen LogP contribution in [0.5, 0.6) is 5.75 Å². The van der Waals surface area contributed by atoms with Crippen LogP contribution in [-0.4, -0.2) is 18.4 Å². The molecule has 1 heterocycles. The third-order valence-electron chi connectivity index (χ3n) is 5.26. The van der Waals surface area contributed by atoms with Gasteiger partial charge in [-0.05, 0) is 62.2 Å². The summed E-state index contributed by atoms with van der Waals surface area (Å²) in [4.78, 5) is 28.4. The van der Waals surface area contributed by atoms with Crippen LogP contribution < -0.4 is 15.0 Å². The third-order valence-corrected chi connectivity index (χ3v) is 5.52. The molecule has 162 valence electrons. The van der Waals surface area contributed by atoms with Crippen LogP contribution in [0.3, 0.4) is 0 Å². The molecule has 2 amide bonds. The molecule has 3 aromatic carbocycles. The van der Waals surface area contributed by atoms with Crippen molar-refractivity contribution in [2.24, 2.45) is 0 Å². The maximum atomic E-state index is 13.6. The van der Waals surface area contributed by atoms with Gasteiger partial charge in [0.15, 0.2) is 0 Å². The number of carbonyl (C=O) groups excluding carboxylic acids is 2. The Morgan fingerprint density at radius 2 is 1.66 bits per heavy atom. The number of nitrogens with zero attached hydrogens (tertiary/aromatic N) is 1. The van der Waals surface area contributed by atoms with Gasteiger partial charge in [-0.2, -0.15) is 0 Å². The lowest BCUT2D eigenvalue weighted by molar-refractivity contribution is -0.120. The van der Waals surface area contributed by atoms with E-state index in [9.17, 15) is 9.59 Å². The van der Waals surface area contributed by atoms with Crippen molar-refractivity contribution in [3.63, 3.8) is 0 Å². The maximum absolute atomic E-state index is 13.6. The fourth-order valence-electron chi connectivity index (χ4n) is 3.76. The summed E-state index contributed by atoms with van der Waals surface area (Å²) in [7, 11) is 0. The molecule has 4 rings (SSSR count). The minimum absolute atomic E-state index is 0.218. The largest absolute Gasteiger partial charge is 0.492 e. The SMILES string of the molecule is CCOc1ccccc1N1C(=O)C(Nc2ccc(C)cc2C)=C(c2ccc(Cl)cc2)C1=O. The zero-order chi connectivity index (χ0) is 22.8. The molecule has 0 bridgehead atoms. The van der Waals surface area contributed by atoms with Gasteiger partial charge < -0.3 is 10.1 Å². The molecule has 3 aromatic rings. The first kappa shape index (κ1) is 21.7. The van der Waals surface area contributed by atoms with E-state index in [-0.39, 0.29) is 11.3 Å². The first-order valence-electron chi connectivity index (χ1n) is 10.4. The highest BCUT2D eigenvalue weighted by atomic mass is 35.5. The number of carbonyl (C=O) groups is 2. The van der Waals surface area contributed by atoms with Crippen LogP contribution >= 0.6 is 11.6 Å². The monoisotopic (exact) mass is 446 g/mol. The van der Waals surface area contributed by atoms with Gasteiger partial charge in [-0.3, -0.25) is 9.59 Å². The molecule has 0 atom stereocenters. The predicted molar refractivity (Wildman–Crippen MR) is 128 cm³/mol. The Hall–Kier alpha value is -3.57. The first-order valence-corrected chi connectivity index (χ1v) is 10.7. The van der Waals surface area contributed by atoms with Crippen molar-refractivity contribution >= 4 is 40.4 Å². The van der Waals surface area contributed by atoms with Gasteiger partial charge in [0.2, 0.25) is 0 Å². The van der Waals surface area contributed by atoms with Gasteiger partial charge in [0, 0.05) is 10.7 Å². The van der Waals surface area contributed by atoms with E-state index >= 15 is 0 Å². The number of aryl methyl sites for hydroxylation is 2. The van der Waals surface area contributed by atoms with E-state index in [1.165, 1.54) is 4.90 Å². The van der Waals surface area contributed by atoms with Crippen LogP contribution in [0, 0.1) is 13.8 Å². The molecule has 0 aromatic heterocycles. The standard InChI is InChI=1S/C26H23ClN2O3/c1-4-32-22-8-6-5-7-21(22)29-25(30)23(18-10-12-19(27)13-11-18)24(26(29)31)28-20-14-9-16(2)15-17(20)3/h5-15,28H,4H2,1-3H3. The summed E-state index contributed by atoms with van der Waals surface area (Å²) in [5, 5.41) is 3.77. The number of amides is 2. The molecule has 0 radical (unpaired) electrons. The Balaban J connectivity index is 1.84. The van der Waals surface area contributed by atoms with Crippen LogP contribution in [0.4, 0.5) is 11.4 Å². The number of para-hydroxylation sites is 2. The Morgan fingerprint density at radius 1 is 0.938 bits per heavy atom. The predicted octanol–water partition coefficient (Wildman–Crippen LogP) is 5.75. The number of nitrogens with one attached hydrogen (secondary N) is 1. The van der Waals surface area contributed by atoms with Crippen molar-refractivity contribution in [2.75, 3.05) is 16.8 Å².